The van der Waals surface area contributed by atoms with E-state index in [-0.39, 0.29) is 17.3 Å². The maximum Gasteiger partial charge on any atom is 0.307 e. The molecule has 0 unspecified atom stereocenters. The molecule has 1 amide bonds. The predicted molar refractivity (Wildman–Crippen MR) is 86.1 cm³/mol. The van der Waals surface area contributed by atoms with E-state index in [2.05, 4.69) is 10.5 Å². The Bertz CT molecular complexity index is 918. The van der Waals surface area contributed by atoms with Gasteiger partial charge in [-0.05, 0) is 48.0 Å². The molecule has 0 spiro atoms. The summed E-state index contributed by atoms with van der Waals surface area (Å²) in [5.41, 5.74) is 3.38. The van der Waals surface area contributed by atoms with E-state index in [0.717, 1.165) is 5.39 Å². The molecule has 6 nitrogen and oxygen atoms in total. The number of phenols is 2. The highest BCUT2D eigenvalue weighted by atomic mass is 35.5. The first-order valence-electron chi connectivity index (χ1n) is 6.57. The Morgan fingerprint density at radius 3 is 2.74 bits per heavy atom. The van der Waals surface area contributed by atoms with Gasteiger partial charge in [0.2, 0.25) is 0 Å². The maximum atomic E-state index is 12.0. The van der Waals surface area contributed by atoms with Gasteiger partial charge in [-0.1, -0.05) is 11.6 Å². The fraction of sp³-hybridized carbons (Fsp3) is 0. The molecule has 0 fully saturated rings. The number of carbonyl (C=O) groups is 1. The van der Waals surface area contributed by atoms with Crippen LogP contribution in [0.4, 0.5) is 0 Å². The lowest BCUT2D eigenvalue weighted by Gasteiger charge is -1.98. The Morgan fingerprint density at radius 1 is 1.13 bits per heavy atom. The number of amides is 1. The van der Waals surface area contributed by atoms with Crippen LogP contribution in [-0.2, 0) is 0 Å². The number of nitrogens with one attached hydrogen (secondary N) is 1. The van der Waals surface area contributed by atoms with Gasteiger partial charge < -0.3 is 14.6 Å². The molecular formula is C16H11ClN2O4. The van der Waals surface area contributed by atoms with Gasteiger partial charge in [-0.3, -0.25) is 4.79 Å². The normalized spacial score (nSPS) is 11.2. The summed E-state index contributed by atoms with van der Waals surface area (Å²) in [5.74, 6) is -0.911. The summed E-state index contributed by atoms with van der Waals surface area (Å²) in [4.78, 5) is 12.0. The quantitative estimate of drug-likeness (QED) is 0.390. The summed E-state index contributed by atoms with van der Waals surface area (Å²) >= 11 is 5.88. The van der Waals surface area contributed by atoms with Crippen molar-refractivity contribution >= 4 is 34.7 Å². The summed E-state index contributed by atoms with van der Waals surface area (Å²) in [6, 6.07) is 10.8. The fourth-order valence-electron chi connectivity index (χ4n) is 1.97. The highest BCUT2D eigenvalue weighted by molar-refractivity contribution is 6.31. The van der Waals surface area contributed by atoms with Crippen molar-refractivity contribution in [2.45, 2.75) is 0 Å². The van der Waals surface area contributed by atoms with Gasteiger partial charge in [0, 0.05) is 10.4 Å². The minimum absolute atomic E-state index is 0.105. The average Bonchev–Trinajstić information content (AvgIpc) is 2.94. The maximum absolute atomic E-state index is 12.0. The Hall–Kier alpha value is -2.99. The minimum atomic E-state index is -0.517. The molecule has 7 heteroatoms. The number of nitrogens with zero attached hydrogens (tertiary/aromatic N) is 1. The molecular weight excluding hydrogens is 320 g/mol. The third kappa shape index (κ3) is 3.27. The molecule has 0 aliphatic rings. The summed E-state index contributed by atoms with van der Waals surface area (Å²) in [7, 11) is 0. The Morgan fingerprint density at radius 2 is 1.96 bits per heavy atom. The van der Waals surface area contributed by atoms with E-state index in [4.69, 9.17) is 16.0 Å². The van der Waals surface area contributed by atoms with Crippen molar-refractivity contribution in [1.29, 1.82) is 0 Å². The van der Waals surface area contributed by atoms with Crippen LogP contribution in [0.3, 0.4) is 0 Å². The zero-order valence-electron chi connectivity index (χ0n) is 11.7. The summed E-state index contributed by atoms with van der Waals surface area (Å²) < 4.78 is 5.40. The first-order valence-corrected chi connectivity index (χ1v) is 6.95. The largest absolute Gasteiger partial charge is 0.504 e. The number of aromatic hydroxyl groups is 2. The number of phenolic OH excluding ortho intramolecular Hbond substituents is 2. The van der Waals surface area contributed by atoms with E-state index >= 15 is 0 Å². The number of hydrogen-bond donors (Lipinski definition) is 3. The van der Waals surface area contributed by atoms with E-state index in [1.165, 1.54) is 24.4 Å². The van der Waals surface area contributed by atoms with Gasteiger partial charge in [-0.15, -0.1) is 0 Å². The second kappa shape index (κ2) is 6.02. The lowest BCUT2D eigenvalue weighted by Crippen LogP contribution is -2.16. The molecule has 0 saturated heterocycles. The number of fused-ring (bicyclic) bond motifs is 1. The van der Waals surface area contributed by atoms with Crippen molar-refractivity contribution in [1.82, 2.24) is 5.43 Å². The Labute approximate surface area is 135 Å². The van der Waals surface area contributed by atoms with Crippen LogP contribution in [0.25, 0.3) is 11.0 Å². The predicted octanol–water partition coefficient (Wildman–Crippen LogP) is 3.26. The van der Waals surface area contributed by atoms with Gasteiger partial charge in [0.1, 0.15) is 5.58 Å². The second-order valence-corrected chi connectivity index (χ2v) is 5.18. The molecule has 116 valence electrons. The molecule has 23 heavy (non-hydrogen) atoms. The lowest BCUT2D eigenvalue weighted by molar-refractivity contribution is 0.0929. The van der Waals surface area contributed by atoms with E-state index < -0.39 is 5.91 Å². The van der Waals surface area contributed by atoms with Crippen molar-refractivity contribution < 1.29 is 19.4 Å². The van der Waals surface area contributed by atoms with Crippen LogP contribution in [0, 0.1) is 0 Å². The summed E-state index contributed by atoms with van der Waals surface area (Å²) in [6.45, 7) is 0. The molecule has 1 aromatic heterocycles. The Kier molecular flexibility index (Phi) is 3.91. The van der Waals surface area contributed by atoms with Gasteiger partial charge in [-0.25, -0.2) is 5.43 Å². The molecule has 0 atom stereocenters. The molecule has 0 radical (unpaired) electrons. The number of furan rings is 1. The third-order valence-electron chi connectivity index (χ3n) is 3.08. The van der Waals surface area contributed by atoms with Crippen molar-refractivity contribution in [2.75, 3.05) is 0 Å². The van der Waals surface area contributed by atoms with Crippen LogP contribution in [0.5, 0.6) is 11.5 Å². The van der Waals surface area contributed by atoms with Crippen molar-refractivity contribution in [3.8, 4) is 11.5 Å². The monoisotopic (exact) mass is 330 g/mol. The number of benzene rings is 2. The first kappa shape index (κ1) is 14.9. The number of rotatable bonds is 3. The zero-order chi connectivity index (χ0) is 16.4. The van der Waals surface area contributed by atoms with Crippen LogP contribution < -0.4 is 5.43 Å². The minimum Gasteiger partial charge on any atom is -0.504 e. The average molecular weight is 331 g/mol. The summed E-state index contributed by atoms with van der Waals surface area (Å²) in [5, 5.41) is 23.6. The van der Waals surface area contributed by atoms with Gasteiger partial charge in [0.05, 0.1) is 6.21 Å². The zero-order valence-corrected chi connectivity index (χ0v) is 12.4. The molecule has 0 aliphatic heterocycles. The van der Waals surface area contributed by atoms with Gasteiger partial charge in [0.25, 0.3) is 0 Å². The fourth-order valence-corrected chi connectivity index (χ4v) is 2.15. The first-order chi connectivity index (χ1) is 11.0. The van der Waals surface area contributed by atoms with Crippen molar-refractivity contribution in [3.63, 3.8) is 0 Å². The van der Waals surface area contributed by atoms with E-state index in [0.29, 0.717) is 16.2 Å². The van der Waals surface area contributed by atoms with E-state index in [9.17, 15) is 15.0 Å². The van der Waals surface area contributed by atoms with E-state index in [1.807, 2.05) is 0 Å². The van der Waals surface area contributed by atoms with Gasteiger partial charge in [-0.2, -0.15) is 5.10 Å². The summed E-state index contributed by atoms with van der Waals surface area (Å²) in [6.07, 6.45) is 1.33. The topological polar surface area (TPSA) is 95.1 Å². The standard InChI is InChI=1S/C16H11ClN2O4/c17-11-2-4-14-10(6-11)7-15(23-14)16(22)19-18-8-9-1-3-12(20)13(21)5-9/h1-8,20-21H,(H,19,22)/b18-8+. The third-order valence-corrected chi connectivity index (χ3v) is 3.32. The number of hydrazone groups is 1. The highest BCUT2D eigenvalue weighted by Gasteiger charge is 2.11. The molecule has 1 heterocycles. The van der Waals surface area contributed by atoms with Crippen LogP contribution in [-0.4, -0.2) is 22.3 Å². The van der Waals surface area contributed by atoms with Crippen LogP contribution in [0.2, 0.25) is 5.02 Å². The van der Waals surface area contributed by atoms with Gasteiger partial charge >= 0.3 is 5.91 Å². The van der Waals surface area contributed by atoms with E-state index in [1.54, 1.807) is 24.3 Å². The molecule has 0 saturated carbocycles. The number of carbonyl (C=O) groups excluding carboxylic acids is 1. The van der Waals surface area contributed by atoms with Crippen LogP contribution >= 0.6 is 11.6 Å². The molecule has 2 aromatic carbocycles. The SMILES string of the molecule is O=C(N/N=C/c1ccc(O)c(O)c1)c1cc2cc(Cl)ccc2o1. The number of hydrogen-bond acceptors (Lipinski definition) is 5. The molecule has 0 aliphatic carbocycles. The molecule has 3 rings (SSSR count). The van der Waals surface area contributed by atoms with Gasteiger partial charge in [0.15, 0.2) is 17.3 Å². The van der Waals surface area contributed by atoms with Crippen molar-refractivity contribution in [3.05, 3.63) is 58.8 Å². The van der Waals surface area contributed by atoms with Crippen LogP contribution in [0.1, 0.15) is 16.1 Å². The number of halogens is 1. The molecule has 0 bridgehead atoms. The molecule has 3 aromatic rings. The lowest BCUT2D eigenvalue weighted by atomic mass is 10.2. The second-order valence-electron chi connectivity index (χ2n) is 4.74. The molecule has 3 N–H and O–H groups in total. The highest BCUT2D eigenvalue weighted by Crippen LogP contribution is 2.24. The Balaban J connectivity index is 1.72. The smallest absolute Gasteiger partial charge is 0.307 e. The van der Waals surface area contributed by atoms with Crippen LogP contribution in [0.15, 0.2) is 52.0 Å². The van der Waals surface area contributed by atoms with Crippen molar-refractivity contribution in [2.24, 2.45) is 5.10 Å².